The molecule has 2 heterocycles. The Labute approximate surface area is 93.7 Å². The van der Waals surface area contributed by atoms with Gasteiger partial charge in [-0.15, -0.1) is 0 Å². The van der Waals surface area contributed by atoms with Gasteiger partial charge in [-0.05, 0) is 25.5 Å². The first-order valence-electron chi connectivity index (χ1n) is 5.16. The molecule has 1 fully saturated rings. The largest absolute Gasteiger partial charge is 0.324 e. The molecule has 0 aliphatic carbocycles. The average Bonchev–Trinajstić information content (AvgIpc) is 2.27. The molecular weight excluding hydrogens is 206 g/mol. The van der Waals surface area contributed by atoms with E-state index in [1.807, 2.05) is 36.6 Å². The molecule has 0 N–H and O–H groups in total. The highest BCUT2D eigenvalue weighted by atomic mass is 32.2. The van der Waals surface area contributed by atoms with Gasteiger partial charge in [-0.3, -0.25) is 4.79 Å². The first kappa shape index (κ1) is 9.28. The van der Waals surface area contributed by atoms with Gasteiger partial charge in [0.15, 0.2) is 0 Å². The standard InChI is InChI=1S/C12H13NOS/c1-12(2)10(14)13-7-8-5-3-4-6-9(8)15-11(12)13/h3-6,11H,7H2,1-2H3. The topological polar surface area (TPSA) is 20.3 Å². The van der Waals surface area contributed by atoms with E-state index < -0.39 is 0 Å². The Kier molecular flexibility index (Phi) is 1.72. The molecule has 0 bridgehead atoms. The summed E-state index contributed by atoms with van der Waals surface area (Å²) in [5.41, 5.74) is 1.10. The maximum Gasteiger partial charge on any atom is 0.232 e. The van der Waals surface area contributed by atoms with Crippen molar-refractivity contribution in [2.45, 2.75) is 30.7 Å². The van der Waals surface area contributed by atoms with Crippen LogP contribution >= 0.6 is 11.8 Å². The number of fused-ring (bicyclic) bond motifs is 2. The predicted octanol–water partition coefficient (Wildman–Crippen LogP) is 2.49. The molecule has 1 unspecified atom stereocenters. The predicted molar refractivity (Wildman–Crippen MR) is 60.4 cm³/mol. The van der Waals surface area contributed by atoms with Crippen molar-refractivity contribution in [3.05, 3.63) is 29.8 Å². The Bertz CT molecular complexity index is 441. The van der Waals surface area contributed by atoms with E-state index in [2.05, 4.69) is 18.2 Å². The number of amides is 1. The number of thioether (sulfide) groups is 1. The molecule has 1 atom stereocenters. The van der Waals surface area contributed by atoms with Crippen LogP contribution in [0, 0.1) is 5.41 Å². The number of nitrogens with zero attached hydrogens (tertiary/aromatic N) is 1. The molecular formula is C12H13NOS. The van der Waals surface area contributed by atoms with Crippen LogP contribution in [-0.2, 0) is 11.3 Å². The lowest BCUT2D eigenvalue weighted by molar-refractivity contribution is -0.161. The van der Waals surface area contributed by atoms with Crippen molar-refractivity contribution in [2.75, 3.05) is 0 Å². The summed E-state index contributed by atoms with van der Waals surface area (Å²) in [5.74, 6) is 0.287. The monoisotopic (exact) mass is 219 g/mol. The first-order valence-corrected chi connectivity index (χ1v) is 6.04. The maximum atomic E-state index is 11.8. The van der Waals surface area contributed by atoms with E-state index >= 15 is 0 Å². The highest BCUT2D eigenvalue weighted by molar-refractivity contribution is 8.00. The van der Waals surface area contributed by atoms with Crippen LogP contribution in [-0.4, -0.2) is 16.2 Å². The molecule has 1 saturated heterocycles. The van der Waals surface area contributed by atoms with Crippen LogP contribution in [0.25, 0.3) is 0 Å². The lowest BCUT2D eigenvalue weighted by Gasteiger charge is -2.54. The molecule has 2 nitrogen and oxygen atoms in total. The molecule has 0 aromatic heterocycles. The van der Waals surface area contributed by atoms with Crippen molar-refractivity contribution in [2.24, 2.45) is 5.41 Å². The van der Waals surface area contributed by atoms with Gasteiger partial charge in [0.1, 0.15) is 0 Å². The Morgan fingerprint density at radius 3 is 2.93 bits per heavy atom. The molecule has 0 radical (unpaired) electrons. The first-order chi connectivity index (χ1) is 7.10. The molecule has 1 amide bonds. The minimum atomic E-state index is -0.182. The van der Waals surface area contributed by atoms with E-state index in [9.17, 15) is 4.79 Å². The van der Waals surface area contributed by atoms with Crippen molar-refractivity contribution >= 4 is 17.7 Å². The van der Waals surface area contributed by atoms with Crippen LogP contribution in [0.15, 0.2) is 29.2 Å². The number of hydrogen-bond donors (Lipinski definition) is 0. The third kappa shape index (κ3) is 1.10. The van der Waals surface area contributed by atoms with E-state index in [0.29, 0.717) is 5.37 Å². The zero-order valence-corrected chi connectivity index (χ0v) is 9.67. The summed E-state index contributed by atoms with van der Waals surface area (Å²) < 4.78 is 0. The molecule has 3 rings (SSSR count). The number of β-lactam (4-membered cyclic amide) rings is 1. The van der Waals surface area contributed by atoms with Crippen LogP contribution in [0.5, 0.6) is 0 Å². The number of benzene rings is 1. The summed E-state index contributed by atoms with van der Waals surface area (Å²) in [7, 11) is 0. The second-order valence-corrected chi connectivity index (χ2v) is 5.85. The van der Waals surface area contributed by atoms with Gasteiger partial charge >= 0.3 is 0 Å². The summed E-state index contributed by atoms with van der Waals surface area (Å²) in [4.78, 5) is 15.2. The quantitative estimate of drug-likeness (QED) is 0.625. The fourth-order valence-electron chi connectivity index (χ4n) is 2.32. The fraction of sp³-hybridized carbons (Fsp3) is 0.417. The minimum absolute atomic E-state index is 0.182. The highest BCUT2D eigenvalue weighted by Gasteiger charge is 2.56. The van der Waals surface area contributed by atoms with Gasteiger partial charge in [-0.25, -0.2) is 0 Å². The van der Waals surface area contributed by atoms with Gasteiger partial charge in [-0.1, -0.05) is 30.0 Å². The molecule has 0 saturated carbocycles. The molecule has 2 aliphatic rings. The van der Waals surface area contributed by atoms with Crippen molar-refractivity contribution in [3.8, 4) is 0 Å². The summed E-state index contributed by atoms with van der Waals surface area (Å²) in [6.07, 6.45) is 0. The normalized spacial score (nSPS) is 26.7. The number of carbonyl (C=O) groups is 1. The van der Waals surface area contributed by atoms with Gasteiger partial charge in [0.2, 0.25) is 5.91 Å². The molecule has 0 spiro atoms. The van der Waals surface area contributed by atoms with Gasteiger partial charge in [0.25, 0.3) is 0 Å². The average molecular weight is 219 g/mol. The lowest BCUT2D eigenvalue weighted by Crippen LogP contribution is -2.65. The summed E-state index contributed by atoms with van der Waals surface area (Å²) in [6, 6.07) is 8.36. The number of rotatable bonds is 0. The van der Waals surface area contributed by atoms with E-state index in [4.69, 9.17) is 0 Å². The summed E-state index contributed by atoms with van der Waals surface area (Å²) >= 11 is 1.82. The van der Waals surface area contributed by atoms with Crippen molar-refractivity contribution < 1.29 is 4.79 Å². The SMILES string of the molecule is CC1(C)C(=O)N2Cc3ccccc3SC21. The van der Waals surface area contributed by atoms with Crippen molar-refractivity contribution in [1.82, 2.24) is 4.90 Å². The third-order valence-electron chi connectivity index (χ3n) is 3.26. The smallest absolute Gasteiger partial charge is 0.232 e. The van der Waals surface area contributed by atoms with E-state index in [1.54, 1.807) is 0 Å². The molecule has 1 aromatic rings. The maximum absolute atomic E-state index is 11.8. The van der Waals surface area contributed by atoms with E-state index in [1.165, 1.54) is 10.5 Å². The fourth-order valence-corrected chi connectivity index (χ4v) is 3.70. The van der Waals surface area contributed by atoms with Crippen LogP contribution in [0.3, 0.4) is 0 Å². The Balaban J connectivity index is 2.00. The van der Waals surface area contributed by atoms with Crippen LogP contribution < -0.4 is 0 Å². The van der Waals surface area contributed by atoms with E-state index in [-0.39, 0.29) is 11.3 Å². The summed E-state index contributed by atoms with van der Waals surface area (Å²) in [6.45, 7) is 4.87. The van der Waals surface area contributed by atoms with E-state index in [0.717, 1.165) is 6.54 Å². The van der Waals surface area contributed by atoms with Gasteiger partial charge in [-0.2, -0.15) is 0 Å². The minimum Gasteiger partial charge on any atom is -0.324 e. The number of carbonyl (C=O) groups excluding carboxylic acids is 1. The van der Waals surface area contributed by atoms with Crippen LogP contribution in [0.2, 0.25) is 0 Å². The highest BCUT2D eigenvalue weighted by Crippen LogP contribution is 2.51. The number of hydrogen-bond acceptors (Lipinski definition) is 2. The molecule has 1 aromatic carbocycles. The van der Waals surface area contributed by atoms with Gasteiger partial charge < -0.3 is 4.90 Å². The van der Waals surface area contributed by atoms with Crippen molar-refractivity contribution in [1.29, 1.82) is 0 Å². The molecule has 2 aliphatic heterocycles. The lowest BCUT2D eigenvalue weighted by atomic mass is 9.82. The third-order valence-corrected chi connectivity index (χ3v) is 4.98. The second-order valence-electron chi connectivity index (χ2n) is 4.73. The Morgan fingerprint density at radius 2 is 2.13 bits per heavy atom. The molecule has 3 heteroatoms. The van der Waals surface area contributed by atoms with Crippen LogP contribution in [0.1, 0.15) is 19.4 Å². The summed E-state index contributed by atoms with van der Waals surface area (Å²) in [5, 5.41) is 0.333. The zero-order chi connectivity index (χ0) is 10.6. The van der Waals surface area contributed by atoms with Gasteiger partial charge in [0.05, 0.1) is 10.8 Å². The molecule has 15 heavy (non-hydrogen) atoms. The van der Waals surface area contributed by atoms with Crippen molar-refractivity contribution in [3.63, 3.8) is 0 Å². The zero-order valence-electron chi connectivity index (χ0n) is 8.86. The van der Waals surface area contributed by atoms with Gasteiger partial charge in [0, 0.05) is 11.4 Å². The Hall–Kier alpha value is -0.960. The second kappa shape index (κ2) is 2.79. The molecule has 78 valence electrons. The Morgan fingerprint density at radius 1 is 1.40 bits per heavy atom. The van der Waals surface area contributed by atoms with Crippen LogP contribution in [0.4, 0.5) is 0 Å².